The zero-order valence-corrected chi connectivity index (χ0v) is 13.8. The maximum absolute atomic E-state index is 11.3. The van der Waals surface area contributed by atoms with E-state index in [-0.39, 0.29) is 12.1 Å². The van der Waals surface area contributed by atoms with Gasteiger partial charge in [0.2, 0.25) is 0 Å². The van der Waals surface area contributed by atoms with Crippen LogP contribution in [-0.2, 0) is 20.8 Å². The van der Waals surface area contributed by atoms with Gasteiger partial charge in [-0.3, -0.25) is 14.7 Å². The van der Waals surface area contributed by atoms with Crippen LogP contribution < -0.4 is 0 Å². The van der Waals surface area contributed by atoms with Crippen molar-refractivity contribution in [3.8, 4) is 0 Å². The van der Waals surface area contributed by atoms with Gasteiger partial charge in [-0.05, 0) is 40.9 Å². The highest BCUT2D eigenvalue weighted by atomic mass is 79.9. The van der Waals surface area contributed by atoms with Crippen molar-refractivity contribution >= 4 is 21.9 Å². The summed E-state index contributed by atoms with van der Waals surface area (Å²) in [7, 11) is 1.42. The highest BCUT2D eigenvalue weighted by Crippen LogP contribution is 2.15. The maximum Gasteiger partial charge on any atom is 0.306 e. The first kappa shape index (κ1) is 16.4. The number of methoxy groups -OCH3 is 1. The minimum Gasteiger partial charge on any atom is -0.469 e. The van der Waals surface area contributed by atoms with E-state index in [1.165, 1.54) is 7.11 Å². The van der Waals surface area contributed by atoms with E-state index in [0.29, 0.717) is 19.5 Å². The van der Waals surface area contributed by atoms with Crippen molar-refractivity contribution < 1.29 is 14.3 Å². The van der Waals surface area contributed by atoms with Crippen LogP contribution >= 0.6 is 15.9 Å². The van der Waals surface area contributed by atoms with Gasteiger partial charge >= 0.3 is 5.97 Å². The smallest absolute Gasteiger partial charge is 0.306 e. The summed E-state index contributed by atoms with van der Waals surface area (Å²) in [4.78, 5) is 18.0. The van der Waals surface area contributed by atoms with Crippen LogP contribution in [0.4, 0.5) is 0 Å². The highest BCUT2D eigenvalue weighted by Gasteiger charge is 2.20. The van der Waals surface area contributed by atoms with Gasteiger partial charge in [-0.1, -0.05) is 0 Å². The first-order chi connectivity index (χ1) is 10.2. The van der Waals surface area contributed by atoms with Gasteiger partial charge in [0, 0.05) is 36.9 Å². The Bertz CT molecular complexity index is 447. The summed E-state index contributed by atoms with van der Waals surface area (Å²) < 4.78 is 11.4. The Morgan fingerprint density at radius 2 is 2.43 bits per heavy atom. The zero-order chi connectivity index (χ0) is 15.1. The van der Waals surface area contributed by atoms with Gasteiger partial charge in [-0.2, -0.15) is 0 Å². The number of carbonyl (C=O) groups is 1. The topological polar surface area (TPSA) is 51.7 Å². The lowest BCUT2D eigenvalue weighted by Crippen LogP contribution is -2.34. The predicted molar refractivity (Wildman–Crippen MR) is 82.8 cm³/mol. The molecule has 0 aliphatic carbocycles. The molecular weight excluding hydrogens is 336 g/mol. The van der Waals surface area contributed by atoms with Gasteiger partial charge in [-0.15, -0.1) is 0 Å². The third kappa shape index (κ3) is 5.73. The standard InChI is InChI=1S/C15H21BrN2O3/c1-20-15(19)6-7-18(11-14-3-2-8-21-14)10-13-5-4-12(16)9-17-13/h4-5,9,14H,2-3,6-8,10-11H2,1H3. The molecule has 0 amide bonds. The average Bonchev–Trinajstić information content (AvgIpc) is 2.99. The van der Waals surface area contributed by atoms with Crippen LogP contribution in [0.15, 0.2) is 22.8 Å². The van der Waals surface area contributed by atoms with E-state index in [1.807, 2.05) is 12.1 Å². The summed E-state index contributed by atoms with van der Waals surface area (Å²) in [6.07, 6.45) is 4.65. The van der Waals surface area contributed by atoms with Crippen molar-refractivity contribution in [2.45, 2.75) is 31.9 Å². The van der Waals surface area contributed by atoms with E-state index >= 15 is 0 Å². The number of carbonyl (C=O) groups excluding carboxylic acids is 1. The second-order valence-corrected chi connectivity index (χ2v) is 6.08. The average molecular weight is 357 g/mol. The molecule has 1 unspecified atom stereocenters. The van der Waals surface area contributed by atoms with Crippen molar-refractivity contribution in [2.75, 3.05) is 26.8 Å². The Morgan fingerprint density at radius 1 is 1.57 bits per heavy atom. The van der Waals surface area contributed by atoms with Crippen molar-refractivity contribution in [1.29, 1.82) is 0 Å². The SMILES string of the molecule is COC(=O)CCN(Cc1ccc(Br)cn1)CC1CCCO1. The normalized spacial score (nSPS) is 18.1. The monoisotopic (exact) mass is 356 g/mol. The number of esters is 1. The molecule has 0 N–H and O–H groups in total. The molecule has 0 radical (unpaired) electrons. The minimum atomic E-state index is -0.184. The van der Waals surface area contributed by atoms with Gasteiger partial charge < -0.3 is 9.47 Å². The predicted octanol–water partition coefficient (Wildman–Crippen LogP) is 2.39. The van der Waals surface area contributed by atoms with E-state index in [0.717, 1.165) is 36.2 Å². The first-order valence-electron chi connectivity index (χ1n) is 7.18. The molecule has 1 aliphatic heterocycles. The molecule has 6 heteroatoms. The molecule has 0 bridgehead atoms. The summed E-state index contributed by atoms with van der Waals surface area (Å²) in [5, 5.41) is 0. The summed E-state index contributed by atoms with van der Waals surface area (Å²) in [6, 6.07) is 3.97. The van der Waals surface area contributed by atoms with Crippen molar-refractivity contribution in [3.05, 3.63) is 28.5 Å². The van der Waals surface area contributed by atoms with Crippen molar-refractivity contribution in [1.82, 2.24) is 9.88 Å². The van der Waals surface area contributed by atoms with Gasteiger partial charge in [-0.25, -0.2) is 0 Å². The first-order valence-corrected chi connectivity index (χ1v) is 7.98. The number of pyridine rings is 1. The molecule has 1 aromatic heterocycles. The summed E-state index contributed by atoms with van der Waals surface area (Å²) in [5.74, 6) is -0.184. The number of nitrogens with zero attached hydrogens (tertiary/aromatic N) is 2. The molecule has 1 saturated heterocycles. The number of hydrogen-bond donors (Lipinski definition) is 0. The molecule has 2 rings (SSSR count). The van der Waals surface area contributed by atoms with E-state index in [4.69, 9.17) is 9.47 Å². The summed E-state index contributed by atoms with van der Waals surface area (Å²) in [6.45, 7) is 3.04. The lowest BCUT2D eigenvalue weighted by Gasteiger charge is -2.24. The van der Waals surface area contributed by atoms with Crippen LogP contribution in [-0.4, -0.2) is 48.8 Å². The quantitative estimate of drug-likeness (QED) is 0.702. The van der Waals surface area contributed by atoms with Gasteiger partial charge in [0.15, 0.2) is 0 Å². The highest BCUT2D eigenvalue weighted by molar-refractivity contribution is 9.10. The molecule has 1 atom stereocenters. The number of hydrogen-bond acceptors (Lipinski definition) is 5. The lowest BCUT2D eigenvalue weighted by molar-refractivity contribution is -0.141. The molecule has 0 aromatic carbocycles. The molecule has 2 heterocycles. The number of rotatable bonds is 7. The van der Waals surface area contributed by atoms with Gasteiger partial charge in [0.05, 0.1) is 25.3 Å². The maximum atomic E-state index is 11.3. The molecule has 1 aromatic rings. The van der Waals surface area contributed by atoms with Crippen LogP contribution in [0, 0.1) is 0 Å². The Labute approximate surface area is 133 Å². The van der Waals surface area contributed by atoms with Gasteiger partial charge in [0.1, 0.15) is 0 Å². The molecule has 1 fully saturated rings. The second-order valence-electron chi connectivity index (χ2n) is 5.16. The second kappa shape index (κ2) is 8.46. The van der Waals surface area contributed by atoms with E-state index in [1.54, 1.807) is 6.20 Å². The Hall–Kier alpha value is -0.980. The fourth-order valence-corrected chi connectivity index (χ4v) is 2.63. The van der Waals surface area contributed by atoms with Gasteiger partial charge in [0.25, 0.3) is 0 Å². The molecular formula is C15H21BrN2O3. The van der Waals surface area contributed by atoms with Crippen LogP contribution in [0.2, 0.25) is 0 Å². The fourth-order valence-electron chi connectivity index (χ4n) is 2.39. The minimum absolute atomic E-state index is 0.184. The molecule has 0 saturated carbocycles. The van der Waals surface area contributed by atoms with Crippen molar-refractivity contribution in [3.63, 3.8) is 0 Å². The number of aromatic nitrogens is 1. The molecule has 0 spiro atoms. The lowest BCUT2D eigenvalue weighted by atomic mass is 10.2. The van der Waals surface area contributed by atoms with E-state index in [2.05, 4.69) is 25.8 Å². The summed E-state index contributed by atoms with van der Waals surface area (Å²) >= 11 is 3.38. The van der Waals surface area contributed by atoms with E-state index in [9.17, 15) is 4.79 Å². The number of ether oxygens (including phenoxy) is 2. The Morgan fingerprint density at radius 3 is 3.05 bits per heavy atom. The largest absolute Gasteiger partial charge is 0.469 e. The fraction of sp³-hybridized carbons (Fsp3) is 0.600. The van der Waals surface area contributed by atoms with Crippen LogP contribution in [0.3, 0.4) is 0 Å². The Balaban J connectivity index is 1.92. The molecule has 21 heavy (non-hydrogen) atoms. The molecule has 1 aliphatic rings. The Kier molecular flexibility index (Phi) is 6.60. The van der Waals surface area contributed by atoms with Crippen LogP contribution in [0.25, 0.3) is 0 Å². The molecule has 5 nitrogen and oxygen atoms in total. The third-order valence-corrected chi connectivity index (χ3v) is 3.99. The summed E-state index contributed by atoms with van der Waals surface area (Å²) in [5.41, 5.74) is 0.987. The third-order valence-electron chi connectivity index (χ3n) is 3.52. The molecule has 116 valence electrons. The van der Waals surface area contributed by atoms with Crippen LogP contribution in [0.5, 0.6) is 0 Å². The number of halogens is 1. The van der Waals surface area contributed by atoms with Crippen molar-refractivity contribution in [2.24, 2.45) is 0 Å². The van der Waals surface area contributed by atoms with E-state index < -0.39 is 0 Å². The zero-order valence-electron chi connectivity index (χ0n) is 12.3. The van der Waals surface area contributed by atoms with Crippen LogP contribution in [0.1, 0.15) is 25.0 Å².